The number of nitrogens with one attached hydrogen (secondary N) is 1. The molecule has 2 aromatic rings. The van der Waals surface area contributed by atoms with Gasteiger partial charge >= 0.3 is 0 Å². The van der Waals surface area contributed by atoms with E-state index in [1.807, 2.05) is 6.20 Å². The summed E-state index contributed by atoms with van der Waals surface area (Å²) in [4.78, 5) is 4.59. The van der Waals surface area contributed by atoms with E-state index in [1.165, 1.54) is 21.4 Å². The summed E-state index contributed by atoms with van der Waals surface area (Å²) in [7, 11) is 0. The fourth-order valence-electron chi connectivity index (χ4n) is 1.45. The molecule has 12 heavy (non-hydrogen) atoms. The monoisotopic (exact) mass is 177 g/mol. The van der Waals surface area contributed by atoms with Crippen molar-refractivity contribution < 1.29 is 0 Å². The first-order valence-corrected chi connectivity index (χ1v) is 5.16. The van der Waals surface area contributed by atoms with Crippen LogP contribution in [0.4, 0.5) is 0 Å². The topological polar surface area (TPSA) is 15.8 Å². The van der Waals surface area contributed by atoms with Gasteiger partial charge in [0, 0.05) is 22.0 Å². The van der Waals surface area contributed by atoms with Gasteiger partial charge < -0.3 is 4.98 Å². The molecule has 0 saturated heterocycles. The Morgan fingerprint density at radius 2 is 2.08 bits per heavy atom. The SMILES string of the molecule is CSc1ccc(C)c2[nH]ccc12. The van der Waals surface area contributed by atoms with Crippen molar-refractivity contribution >= 4 is 22.7 Å². The van der Waals surface area contributed by atoms with Gasteiger partial charge in [-0.1, -0.05) is 6.07 Å². The number of aromatic amines is 1. The van der Waals surface area contributed by atoms with Crippen LogP contribution in [0.3, 0.4) is 0 Å². The maximum atomic E-state index is 3.25. The molecular formula is C10H11NS. The summed E-state index contributed by atoms with van der Waals surface area (Å²) in [6, 6.07) is 6.47. The predicted molar refractivity (Wildman–Crippen MR) is 54.8 cm³/mol. The third-order valence-electron chi connectivity index (χ3n) is 2.11. The normalized spacial score (nSPS) is 10.8. The van der Waals surface area contributed by atoms with Gasteiger partial charge in [0.15, 0.2) is 0 Å². The van der Waals surface area contributed by atoms with Gasteiger partial charge in [0.05, 0.1) is 0 Å². The van der Waals surface area contributed by atoms with Gasteiger partial charge in [-0.05, 0) is 30.9 Å². The summed E-state index contributed by atoms with van der Waals surface area (Å²) in [5.74, 6) is 0. The third-order valence-corrected chi connectivity index (χ3v) is 2.91. The van der Waals surface area contributed by atoms with E-state index in [1.54, 1.807) is 11.8 Å². The van der Waals surface area contributed by atoms with Gasteiger partial charge in [0.2, 0.25) is 0 Å². The van der Waals surface area contributed by atoms with Crippen molar-refractivity contribution in [1.82, 2.24) is 4.98 Å². The largest absolute Gasteiger partial charge is 0.361 e. The molecule has 1 heterocycles. The van der Waals surface area contributed by atoms with Crippen LogP contribution in [-0.2, 0) is 0 Å². The van der Waals surface area contributed by atoms with Crippen molar-refractivity contribution in [3.8, 4) is 0 Å². The maximum absolute atomic E-state index is 3.25. The number of hydrogen-bond acceptors (Lipinski definition) is 1. The number of thioether (sulfide) groups is 1. The molecule has 1 aromatic heterocycles. The quantitative estimate of drug-likeness (QED) is 0.661. The smallest absolute Gasteiger partial charge is 0.0494 e. The Kier molecular flexibility index (Phi) is 1.85. The molecule has 0 saturated carbocycles. The van der Waals surface area contributed by atoms with Crippen molar-refractivity contribution in [2.24, 2.45) is 0 Å². The molecule has 1 N–H and O–H groups in total. The van der Waals surface area contributed by atoms with Crippen LogP contribution in [0.5, 0.6) is 0 Å². The fraction of sp³-hybridized carbons (Fsp3) is 0.200. The number of H-pyrrole nitrogens is 1. The lowest BCUT2D eigenvalue weighted by molar-refractivity contribution is 1.40. The van der Waals surface area contributed by atoms with Crippen LogP contribution >= 0.6 is 11.8 Å². The van der Waals surface area contributed by atoms with E-state index in [9.17, 15) is 0 Å². The van der Waals surface area contributed by atoms with Crippen LogP contribution in [0.2, 0.25) is 0 Å². The Balaban J connectivity index is 2.82. The summed E-state index contributed by atoms with van der Waals surface area (Å²) in [6.45, 7) is 2.13. The number of fused-ring (bicyclic) bond motifs is 1. The van der Waals surface area contributed by atoms with E-state index in [2.05, 4.69) is 36.4 Å². The van der Waals surface area contributed by atoms with Crippen LogP contribution in [0.1, 0.15) is 5.56 Å². The van der Waals surface area contributed by atoms with Crippen LogP contribution in [0, 0.1) is 6.92 Å². The Labute approximate surface area is 76.2 Å². The third kappa shape index (κ3) is 1.03. The maximum Gasteiger partial charge on any atom is 0.0494 e. The molecule has 0 radical (unpaired) electrons. The summed E-state index contributed by atoms with van der Waals surface area (Å²) in [6.07, 6.45) is 4.11. The first-order chi connectivity index (χ1) is 5.83. The Bertz CT molecular complexity index is 403. The predicted octanol–water partition coefficient (Wildman–Crippen LogP) is 3.20. The van der Waals surface area contributed by atoms with Gasteiger partial charge in [0.1, 0.15) is 0 Å². The van der Waals surface area contributed by atoms with E-state index in [0.29, 0.717) is 0 Å². The molecule has 0 bridgehead atoms. The average Bonchev–Trinajstić information content (AvgIpc) is 2.54. The highest BCUT2D eigenvalue weighted by atomic mass is 32.2. The molecule has 0 aliphatic carbocycles. The Morgan fingerprint density at radius 3 is 2.83 bits per heavy atom. The van der Waals surface area contributed by atoms with E-state index in [4.69, 9.17) is 0 Å². The van der Waals surface area contributed by atoms with E-state index >= 15 is 0 Å². The molecule has 0 spiro atoms. The average molecular weight is 177 g/mol. The fourth-order valence-corrected chi connectivity index (χ4v) is 2.05. The minimum atomic E-state index is 1.27. The van der Waals surface area contributed by atoms with Crippen LogP contribution in [-0.4, -0.2) is 11.2 Å². The van der Waals surface area contributed by atoms with Gasteiger partial charge in [-0.3, -0.25) is 0 Å². The Morgan fingerprint density at radius 1 is 1.25 bits per heavy atom. The van der Waals surface area contributed by atoms with E-state index in [0.717, 1.165) is 0 Å². The zero-order valence-electron chi connectivity index (χ0n) is 7.22. The highest BCUT2D eigenvalue weighted by Crippen LogP contribution is 2.27. The lowest BCUT2D eigenvalue weighted by Crippen LogP contribution is -1.77. The summed E-state index contributed by atoms with van der Waals surface area (Å²) in [5.41, 5.74) is 2.58. The van der Waals surface area contributed by atoms with Crippen molar-refractivity contribution in [3.05, 3.63) is 30.0 Å². The highest BCUT2D eigenvalue weighted by molar-refractivity contribution is 7.98. The second-order valence-electron chi connectivity index (χ2n) is 2.85. The number of aromatic nitrogens is 1. The highest BCUT2D eigenvalue weighted by Gasteiger charge is 2.02. The van der Waals surface area contributed by atoms with Gasteiger partial charge in [-0.2, -0.15) is 0 Å². The minimum absolute atomic E-state index is 1.27. The van der Waals surface area contributed by atoms with Gasteiger partial charge in [-0.25, -0.2) is 0 Å². The summed E-state index contributed by atoms with van der Waals surface area (Å²) in [5, 5.41) is 1.34. The molecule has 1 aromatic carbocycles. The van der Waals surface area contributed by atoms with Gasteiger partial charge in [-0.15, -0.1) is 11.8 Å². The molecule has 0 aliphatic heterocycles. The molecule has 0 amide bonds. The second-order valence-corrected chi connectivity index (χ2v) is 3.70. The van der Waals surface area contributed by atoms with E-state index < -0.39 is 0 Å². The zero-order chi connectivity index (χ0) is 8.55. The van der Waals surface area contributed by atoms with Crippen molar-refractivity contribution in [2.75, 3.05) is 6.26 Å². The molecule has 0 fully saturated rings. The zero-order valence-corrected chi connectivity index (χ0v) is 8.03. The molecule has 0 unspecified atom stereocenters. The lowest BCUT2D eigenvalue weighted by atomic mass is 10.2. The molecule has 2 heteroatoms. The van der Waals surface area contributed by atoms with Crippen molar-refractivity contribution in [2.45, 2.75) is 11.8 Å². The van der Waals surface area contributed by atoms with Gasteiger partial charge in [0.25, 0.3) is 0 Å². The number of hydrogen-bond donors (Lipinski definition) is 1. The van der Waals surface area contributed by atoms with Crippen LogP contribution in [0.15, 0.2) is 29.3 Å². The van der Waals surface area contributed by atoms with Crippen molar-refractivity contribution in [1.29, 1.82) is 0 Å². The molecule has 62 valence electrons. The van der Waals surface area contributed by atoms with Crippen molar-refractivity contribution in [3.63, 3.8) is 0 Å². The lowest BCUT2D eigenvalue weighted by Gasteiger charge is -2.00. The molecule has 2 rings (SSSR count). The molecule has 1 nitrogen and oxygen atoms in total. The molecule has 0 atom stereocenters. The number of rotatable bonds is 1. The summed E-state index contributed by atoms with van der Waals surface area (Å²) < 4.78 is 0. The molecular weight excluding hydrogens is 166 g/mol. The first-order valence-electron chi connectivity index (χ1n) is 3.93. The van der Waals surface area contributed by atoms with Crippen LogP contribution in [0.25, 0.3) is 10.9 Å². The second kappa shape index (κ2) is 2.87. The first kappa shape index (κ1) is 7.74. The minimum Gasteiger partial charge on any atom is -0.361 e. The Hall–Kier alpha value is -0.890. The van der Waals surface area contributed by atoms with Crippen LogP contribution < -0.4 is 0 Å². The summed E-state index contributed by atoms with van der Waals surface area (Å²) >= 11 is 1.79. The standard InChI is InChI=1S/C10H11NS/c1-7-3-4-9(12-2)8-5-6-11-10(7)8/h3-6,11H,1-2H3. The molecule has 0 aliphatic rings. The number of aryl methyl sites for hydroxylation is 1. The van der Waals surface area contributed by atoms with E-state index in [-0.39, 0.29) is 0 Å². The number of benzene rings is 1.